The van der Waals surface area contributed by atoms with Gasteiger partial charge in [-0.1, -0.05) is 33.6 Å². The van der Waals surface area contributed by atoms with Crippen molar-refractivity contribution in [3.63, 3.8) is 0 Å². The van der Waals surface area contributed by atoms with Gasteiger partial charge < -0.3 is 0 Å². The Labute approximate surface area is 138 Å². The van der Waals surface area contributed by atoms with Crippen LogP contribution >= 0.6 is 15.9 Å². The molecule has 0 spiro atoms. The van der Waals surface area contributed by atoms with Crippen LogP contribution in [-0.2, 0) is 0 Å². The second-order valence-corrected chi connectivity index (χ2v) is 8.41. The van der Waals surface area contributed by atoms with Crippen molar-refractivity contribution in [1.82, 2.24) is 0 Å². The average Bonchev–Trinajstić information content (AvgIpc) is 2.33. The lowest BCUT2D eigenvalue weighted by molar-refractivity contribution is -2.00. The lowest BCUT2D eigenvalue weighted by Crippen LogP contribution is -3.61. The van der Waals surface area contributed by atoms with Gasteiger partial charge in [-0.2, -0.15) is 0 Å². The van der Waals surface area contributed by atoms with Crippen LogP contribution in [-0.4, -0.2) is 0 Å². The third-order valence-electron chi connectivity index (χ3n) is 2.03. The fourth-order valence-electron chi connectivity index (χ4n) is 1.21. The minimum atomic E-state index is -4.94. The quantitative estimate of drug-likeness (QED) is 0.418. The van der Waals surface area contributed by atoms with Gasteiger partial charge in [0.1, 0.15) is 0 Å². The van der Waals surface area contributed by atoms with Crippen molar-refractivity contribution in [3.05, 3.63) is 65.7 Å². The fourth-order valence-corrected chi connectivity index (χ4v) is 3.64. The number of rotatable bonds is 2. The van der Waals surface area contributed by atoms with Gasteiger partial charge in [-0.25, -0.2) is 18.6 Å². The maximum absolute atomic E-state index is 8.49. The summed E-state index contributed by atoms with van der Waals surface area (Å²) in [6, 6.07) is 17.5. The summed E-state index contributed by atoms with van der Waals surface area (Å²) < 4.78 is 38.1. The molecule has 7 heteroatoms. The molecular formula is C13H11BrClIO4. The summed E-state index contributed by atoms with van der Waals surface area (Å²) >= 11 is 3.43. The molecule has 20 heavy (non-hydrogen) atoms. The topological polar surface area (TPSA) is 92.2 Å². The van der Waals surface area contributed by atoms with E-state index >= 15 is 0 Å². The van der Waals surface area contributed by atoms with Gasteiger partial charge in [0, 0.05) is 4.47 Å². The molecule has 0 amide bonds. The first-order valence-corrected chi connectivity index (χ1v) is 9.51. The zero-order chi connectivity index (χ0) is 15.2. The van der Waals surface area contributed by atoms with E-state index in [1.165, 1.54) is 12.7 Å². The van der Waals surface area contributed by atoms with E-state index in [0.29, 0.717) is 0 Å². The Hall–Kier alpha value is -0.220. The molecule has 0 bridgehead atoms. The molecule has 2 aromatic rings. The van der Waals surface area contributed by atoms with Crippen LogP contribution in [0.1, 0.15) is 5.56 Å². The van der Waals surface area contributed by atoms with E-state index in [-0.39, 0.29) is 21.2 Å². The number of hydrogen-bond acceptors (Lipinski definition) is 4. The van der Waals surface area contributed by atoms with Gasteiger partial charge in [-0.05, 0) is 43.3 Å². The summed E-state index contributed by atoms with van der Waals surface area (Å²) in [5, 5.41) is 0. The lowest BCUT2D eigenvalue weighted by Gasteiger charge is -2.17. The molecule has 0 N–H and O–H groups in total. The van der Waals surface area contributed by atoms with E-state index in [4.69, 9.17) is 18.6 Å². The fraction of sp³-hybridized carbons (Fsp3) is 0.0769. The Bertz CT molecular complexity index is 476. The Kier molecular flexibility index (Phi) is 7.38. The van der Waals surface area contributed by atoms with E-state index in [1.807, 2.05) is 0 Å². The van der Waals surface area contributed by atoms with Gasteiger partial charge in [-0.15, -0.1) is 10.2 Å². The second kappa shape index (κ2) is 8.28. The van der Waals surface area contributed by atoms with Gasteiger partial charge >= 0.3 is 21.2 Å². The molecule has 2 rings (SSSR count). The predicted octanol–water partition coefficient (Wildman–Crippen LogP) is -3.87. The van der Waals surface area contributed by atoms with Crippen molar-refractivity contribution in [2.75, 3.05) is 0 Å². The van der Waals surface area contributed by atoms with Gasteiger partial charge in [0.15, 0.2) is 7.14 Å². The molecule has 0 heterocycles. The number of aryl methyl sites for hydroxylation is 1. The highest BCUT2D eigenvalue weighted by Gasteiger charge is 2.14. The standard InChI is InChI=1S/C13H11BrI.ClHO4/c1-10-2-6-12(7-3-10)15-13-8-4-11(14)5-9-13;2-1(3,4)5/h2-9H,1H3;(H,2,3,4,5)/q+1;/p-1. The van der Waals surface area contributed by atoms with E-state index < -0.39 is 10.2 Å². The first kappa shape index (κ1) is 17.8. The highest BCUT2D eigenvalue weighted by Crippen LogP contribution is 2.05. The van der Waals surface area contributed by atoms with E-state index in [2.05, 4.69) is 71.4 Å². The van der Waals surface area contributed by atoms with Gasteiger partial charge in [0.05, 0.1) is 0 Å². The summed E-state index contributed by atoms with van der Waals surface area (Å²) in [5.41, 5.74) is 1.33. The van der Waals surface area contributed by atoms with Crippen LogP contribution < -0.4 is 39.8 Å². The molecule has 0 radical (unpaired) electrons. The Morgan fingerprint density at radius 2 is 1.15 bits per heavy atom. The molecule has 4 nitrogen and oxygen atoms in total. The van der Waals surface area contributed by atoms with E-state index in [1.54, 1.807) is 0 Å². The molecule has 2 aromatic carbocycles. The van der Waals surface area contributed by atoms with E-state index in [0.717, 1.165) is 4.47 Å². The normalized spacial score (nSPS) is 10.7. The van der Waals surface area contributed by atoms with Crippen molar-refractivity contribution in [1.29, 1.82) is 0 Å². The van der Waals surface area contributed by atoms with Gasteiger partial charge in [0.25, 0.3) is 0 Å². The molecule has 0 aromatic heterocycles. The first-order valence-electron chi connectivity index (χ1n) is 5.33. The van der Waals surface area contributed by atoms with Crippen molar-refractivity contribution in [2.45, 2.75) is 6.92 Å². The van der Waals surface area contributed by atoms with Gasteiger partial charge in [0.2, 0.25) is 0 Å². The first-order chi connectivity index (χ1) is 9.24. The van der Waals surface area contributed by atoms with Crippen molar-refractivity contribution in [3.8, 4) is 0 Å². The third kappa shape index (κ3) is 8.85. The zero-order valence-electron chi connectivity index (χ0n) is 10.4. The summed E-state index contributed by atoms with van der Waals surface area (Å²) in [7, 11) is -4.94. The molecule has 0 aliphatic heterocycles. The Balaban J connectivity index is 0.000000347. The maximum Gasteiger partial charge on any atom is 0.357 e. The zero-order valence-corrected chi connectivity index (χ0v) is 14.9. The number of benzene rings is 2. The summed E-state index contributed by atoms with van der Waals surface area (Å²) in [5.74, 6) is 0. The monoisotopic (exact) mass is 472 g/mol. The molecule has 0 unspecified atom stereocenters. The highest BCUT2D eigenvalue weighted by atomic mass is 127. The highest BCUT2D eigenvalue weighted by molar-refractivity contribution is 9.10. The molecule has 0 fully saturated rings. The molecule has 0 saturated carbocycles. The van der Waals surface area contributed by atoms with Crippen LogP contribution in [0.3, 0.4) is 0 Å². The maximum atomic E-state index is 8.49. The van der Waals surface area contributed by atoms with Crippen LogP contribution in [0.15, 0.2) is 53.0 Å². The van der Waals surface area contributed by atoms with Crippen LogP contribution in [0.4, 0.5) is 0 Å². The van der Waals surface area contributed by atoms with Gasteiger partial charge in [-0.3, -0.25) is 0 Å². The van der Waals surface area contributed by atoms with Crippen molar-refractivity contribution < 1.29 is 50.1 Å². The molecule has 108 valence electrons. The minimum Gasteiger partial charge on any atom is -0.222 e. The average molecular weight is 473 g/mol. The summed E-state index contributed by atoms with van der Waals surface area (Å²) in [6.45, 7) is 2.13. The second-order valence-electron chi connectivity index (χ2n) is 3.70. The lowest BCUT2D eigenvalue weighted by atomic mass is 10.2. The molecule has 0 saturated heterocycles. The van der Waals surface area contributed by atoms with Crippen LogP contribution in [0.2, 0.25) is 0 Å². The number of halogens is 3. The summed E-state index contributed by atoms with van der Waals surface area (Å²) in [4.78, 5) is 0. The number of hydrogen-bond donors (Lipinski definition) is 0. The molecule has 0 aliphatic rings. The van der Waals surface area contributed by atoms with Crippen molar-refractivity contribution >= 4 is 15.9 Å². The third-order valence-corrected chi connectivity index (χ3v) is 5.25. The van der Waals surface area contributed by atoms with Crippen molar-refractivity contribution in [2.24, 2.45) is 0 Å². The largest absolute Gasteiger partial charge is 0.357 e. The smallest absolute Gasteiger partial charge is 0.222 e. The summed E-state index contributed by atoms with van der Waals surface area (Å²) in [6.07, 6.45) is 0. The van der Waals surface area contributed by atoms with E-state index in [9.17, 15) is 0 Å². The SMILES string of the molecule is Cc1ccc([I+]c2ccc(Br)cc2)cc1.[O-][Cl+3]([O-])([O-])[O-]. The van der Waals surface area contributed by atoms with Crippen LogP contribution in [0, 0.1) is 24.3 Å². The Morgan fingerprint density at radius 3 is 1.55 bits per heavy atom. The van der Waals surface area contributed by atoms with Crippen LogP contribution in [0.25, 0.3) is 0 Å². The van der Waals surface area contributed by atoms with Crippen LogP contribution in [0.5, 0.6) is 0 Å². The molecule has 0 atom stereocenters. The minimum absolute atomic E-state index is 0.0177. The predicted molar refractivity (Wildman–Crippen MR) is 62.7 cm³/mol. The molecule has 0 aliphatic carbocycles. The molecular weight excluding hydrogens is 462 g/mol. The Morgan fingerprint density at radius 1 is 0.800 bits per heavy atom.